The molecule has 0 saturated heterocycles. The van der Waals surface area contributed by atoms with Gasteiger partial charge in [-0.15, -0.1) is 0 Å². The largest absolute Gasteiger partial charge is 0.346 e. The molecule has 0 radical (unpaired) electrons. The molecule has 0 unspecified atom stereocenters. The van der Waals surface area contributed by atoms with Gasteiger partial charge in [0.2, 0.25) is 0 Å². The Balaban J connectivity index is 1.64. The molecule has 5 aromatic rings. The minimum absolute atomic E-state index is 0.0901. The summed E-state index contributed by atoms with van der Waals surface area (Å²) in [5, 5.41) is 4.64. The van der Waals surface area contributed by atoms with E-state index in [9.17, 15) is 8.78 Å². The van der Waals surface area contributed by atoms with Crippen LogP contribution in [0.1, 0.15) is 27.3 Å². The van der Waals surface area contributed by atoms with Crippen LogP contribution in [0.5, 0.6) is 0 Å². The monoisotopic (exact) mass is 406 g/mol. The Hall–Kier alpha value is -3.55. The molecule has 1 aromatic carbocycles. The zero-order valence-corrected chi connectivity index (χ0v) is 16.8. The first-order valence-electron chi connectivity index (χ1n) is 9.59. The normalized spacial score (nSPS) is 12.5. The number of hydrogen-bond donors (Lipinski definition) is 1. The number of halogens is 2. The van der Waals surface area contributed by atoms with Crippen molar-refractivity contribution in [3.63, 3.8) is 0 Å². The summed E-state index contributed by atoms with van der Waals surface area (Å²) in [5.74, 6) is 0. The molecule has 0 fully saturated rings. The number of fused-ring (bicyclic) bond motifs is 2. The summed E-state index contributed by atoms with van der Waals surface area (Å²) < 4.78 is 28.5. The van der Waals surface area contributed by atoms with Gasteiger partial charge in [-0.1, -0.05) is 6.07 Å². The fourth-order valence-corrected chi connectivity index (χ4v) is 3.70. The first kappa shape index (κ1) is 18.5. The maximum atomic E-state index is 12.9. The van der Waals surface area contributed by atoms with Gasteiger partial charge in [0.05, 0.1) is 23.6 Å². The van der Waals surface area contributed by atoms with E-state index in [-0.39, 0.29) is 5.54 Å². The minimum Gasteiger partial charge on any atom is -0.346 e. The van der Waals surface area contributed by atoms with Crippen molar-refractivity contribution in [3.8, 4) is 22.3 Å². The van der Waals surface area contributed by atoms with E-state index in [4.69, 9.17) is 0 Å². The molecule has 0 spiro atoms. The molecule has 0 saturated carbocycles. The van der Waals surface area contributed by atoms with E-state index < -0.39 is 6.55 Å². The number of hydrogen-bond acceptors (Lipinski definition) is 3. The van der Waals surface area contributed by atoms with Crippen molar-refractivity contribution in [1.29, 1.82) is 0 Å². The van der Waals surface area contributed by atoms with Crippen LogP contribution in [0.25, 0.3) is 44.3 Å². The highest BCUT2D eigenvalue weighted by Crippen LogP contribution is 2.33. The van der Waals surface area contributed by atoms with Crippen LogP contribution in [0.3, 0.4) is 0 Å². The number of benzene rings is 1. The van der Waals surface area contributed by atoms with Gasteiger partial charge in [0.15, 0.2) is 0 Å². The van der Waals surface area contributed by atoms with Crippen LogP contribution in [0, 0.1) is 0 Å². The highest BCUT2D eigenvalue weighted by Gasteiger charge is 2.17. The van der Waals surface area contributed by atoms with Crippen molar-refractivity contribution in [2.75, 3.05) is 0 Å². The lowest BCUT2D eigenvalue weighted by Gasteiger charge is -2.21. The van der Waals surface area contributed by atoms with Gasteiger partial charge in [0, 0.05) is 46.2 Å². The van der Waals surface area contributed by atoms with Gasteiger partial charge < -0.3 is 9.55 Å². The van der Waals surface area contributed by atoms with E-state index in [0.717, 1.165) is 38.8 Å². The topological polar surface area (TPSA) is 64.3 Å². The minimum atomic E-state index is -2.67. The van der Waals surface area contributed by atoms with Gasteiger partial charge in [0.25, 0.3) is 0 Å². The first-order chi connectivity index (χ1) is 14.3. The zero-order chi connectivity index (χ0) is 21.0. The number of rotatable bonds is 3. The number of H-pyrrole nitrogens is 1. The Morgan fingerprint density at radius 1 is 1.00 bits per heavy atom. The molecule has 4 aromatic heterocycles. The summed E-state index contributed by atoms with van der Waals surface area (Å²) in [6, 6.07) is 8.12. The Morgan fingerprint density at radius 2 is 1.83 bits per heavy atom. The summed E-state index contributed by atoms with van der Waals surface area (Å²) >= 11 is 0. The number of aromatic amines is 1. The molecule has 0 bridgehead atoms. The van der Waals surface area contributed by atoms with Gasteiger partial charge >= 0.3 is 6.55 Å². The number of aromatic nitrogens is 6. The van der Waals surface area contributed by atoms with Crippen molar-refractivity contribution in [1.82, 2.24) is 29.3 Å². The average molecular weight is 406 g/mol. The predicted octanol–water partition coefficient (Wildman–Crippen LogP) is 5.59. The third-order valence-corrected chi connectivity index (χ3v) is 5.25. The van der Waals surface area contributed by atoms with E-state index in [1.165, 1.54) is 12.4 Å². The fraction of sp³-hybridized carbons (Fsp3) is 0.227. The van der Waals surface area contributed by atoms with Gasteiger partial charge in [-0.05, 0) is 44.5 Å². The highest BCUT2D eigenvalue weighted by molar-refractivity contribution is 5.97. The standard InChI is InChI=1S/C22H20F2N6/c1-22(2,3)29-12-27-18-5-4-13(7-19(18)29)17-10-26-20-16(17)6-14(8-25-20)15-9-28-30(11-15)21(23)24/h4-12,21H,1-3H3,(H,25,26). The van der Waals surface area contributed by atoms with Gasteiger partial charge in [-0.2, -0.15) is 13.9 Å². The third kappa shape index (κ3) is 2.96. The van der Waals surface area contributed by atoms with E-state index >= 15 is 0 Å². The van der Waals surface area contributed by atoms with Gasteiger partial charge in [0.1, 0.15) is 5.65 Å². The first-order valence-corrected chi connectivity index (χ1v) is 9.59. The predicted molar refractivity (Wildman–Crippen MR) is 112 cm³/mol. The molecule has 1 N–H and O–H groups in total. The van der Waals surface area contributed by atoms with Crippen molar-refractivity contribution in [3.05, 3.63) is 55.4 Å². The van der Waals surface area contributed by atoms with Gasteiger partial charge in [-0.3, -0.25) is 0 Å². The maximum absolute atomic E-state index is 12.9. The summed E-state index contributed by atoms with van der Waals surface area (Å²) in [6.07, 6.45) is 8.20. The lowest BCUT2D eigenvalue weighted by molar-refractivity contribution is 0.0566. The number of imidazole rings is 1. The second-order valence-electron chi connectivity index (χ2n) is 8.30. The molecular formula is C22H20F2N6. The molecule has 6 nitrogen and oxygen atoms in total. The van der Waals surface area contributed by atoms with E-state index in [2.05, 4.69) is 51.5 Å². The number of alkyl halides is 2. The average Bonchev–Trinajstić information content (AvgIpc) is 3.43. The van der Waals surface area contributed by atoms with Crippen LogP contribution < -0.4 is 0 Å². The second kappa shape index (κ2) is 6.48. The van der Waals surface area contributed by atoms with Crippen LogP contribution in [-0.2, 0) is 5.54 Å². The number of nitrogens with zero attached hydrogens (tertiary/aromatic N) is 5. The summed E-state index contributed by atoms with van der Waals surface area (Å²) in [6.45, 7) is 3.75. The quantitative estimate of drug-likeness (QED) is 0.425. The molecule has 8 heteroatoms. The smallest absolute Gasteiger partial charge is 0.333 e. The Kier molecular flexibility index (Phi) is 3.99. The van der Waals surface area contributed by atoms with Crippen molar-refractivity contribution < 1.29 is 8.78 Å². The third-order valence-electron chi connectivity index (χ3n) is 5.25. The Morgan fingerprint density at radius 3 is 2.57 bits per heavy atom. The summed E-state index contributed by atoms with van der Waals surface area (Å²) in [7, 11) is 0. The molecule has 4 heterocycles. The van der Waals surface area contributed by atoms with E-state index in [1.54, 1.807) is 6.20 Å². The summed E-state index contributed by atoms with van der Waals surface area (Å²) in [5.41, 5.74) is 5.98. The number of nitrogens with one attached hydrogen (secondary N) is 1. The van der Waals surface area contributed by atoms with Crippen LogP contribution in [0.2, 0.25) is 0 Å². The Labute approximate surface area is 171 Å². The molecule has 0 aliphatic rings. The van der Waals surface area contributed by atoms with Gasteiger partial charge in [-0.25, -0.2) is 14.6 Å². The van der Waals surface area contributed by atoms with E-state index in [1.807, 2.05) is 30.7 Å². The van der Waals surface area contributed by atoms with Crippen LogP contribution in [0.4, 0.5) is 8.78 Å². The molecule has 30 heavy (non-hydrogen) atoms. The SMILES string of the molecule is CC(C)(C)n1cnc2ccc(-c3c[nH]c4ncc(-c5cnn(C(F)F)c5)cc34)cc21. The molecule has 0 aliphatic heterocycles. The summed E-state index contributed by atoms with van der Waals surface area (Å²) in [4.78, 5) is 12.2. The van der Waals surface area contributed by atoms with Crippen molar-refractivity contribution in [2.45, 2.75) is 32.9 Å². The molecule has 0 amide bonds. The van der Waals surface area contributed by atoms with Crippen molar-refractivity contribution >= 4 is 22.1 Å². The van der Waals surface area contributed by atoms with Crippen molar-refractivity contribution in [2.24, 2.45) is 0 Å². The molecule has 0 aliphatic carbocycles. The lowest BCUT2D eigenvalue weighted by atomic mass is 10.0. The van der Waals surface area contributed by atoms with Crippen LogP contribution in [-0.4, -0.2) is 29.3 Å². The second-order valence-corrected chi connectivity index (χ2v) is 8.30. The highest BCUT2D eigenvalue weighted by atomic mass is 19.3. The van der Waals surface area contributed by atoms with E-state index in [0.29, 0.717) is 10.2 Å². The molecule has 5 rings (SSSR count). The molecular weight excluding hydrogens is 386 g/mol. The molecule has 0 atom stereocenters. The maximum Gasteiger partial charge on any atom is 0.333 e. The van der Waals surface area contributed by atoms with Crippen LogP contribution >= 0.6 is 0 Å². The molecule has 152 valence electrons. The Bertz CT molecular complexity index is 1370. The lowest BCUT2D eigenvalue weighted by Crippen LogP contribution is -2.20. The number of pyridine rings is 1. The zero-order valence-electron chi connectivity index (χ0n) is 16.8. The fourth-order valence-electron chi connectivity index (χ4n) is 3.70. The van der Waals surface area contributed by atoms with Crippen LogP contribution in [0.15, 0.2) is 55.4 Å².